The molecule has 0 spiro atoms. The van der Waals surface area contributed by atoms with E-state index in [2.05, 4.69) is 15.1 Å². The molecule has 0 aliphatic carbocycles. The maximum Gasteiger partial charge on any atom is 0.230 e. The van der Waals surface area contributed by atoms with Crippen LogP contribution in [0.25, 0.3) is 22.6 Å². The average molecular weight is 273 g/mol. The summed E-state index contributed by atoms with van der Waals surface area (Å²) in [5.41, 5.74) is 7.79. The van der Waals surface area contributed by atoms with Gasteiger partial charge in [0, 0.05) is 17.4 Å². The molecule has 3 aromatic rings. The van der Waals surface area contributed by atoms with Gasteiger partial charge in [0.25, 0.3) is 0 Å². The Morgan fingerprint density at radius 1 is 1.11 bits per heavy atom. The lowest BCUT2D eigenvalue weighted by Gasteiger charge is -2.02. The molecule has 2 N–H and O–H groups in total. The SMILES string of the molecule is Nc1onc(-c2ncccn2)c1-c1cccc(Cl)c1. The van der Waals surface area contributed by atoms with Crippen molar-refractivity contribution in [2.45, 2.75) is 0 Å². The third kappa shape index (κ3) is 2.15. The van der Waals surface area contributed by atoms with E-state index in [0.717, 1.165) is 5.56 Å². The first-order valence-corrected chi connectivity index (χ1v) is 5.92. The van der Waals surface area contributed by atoms with Gasteiger partial charge in [0.1, 0.15) is 0 Å². The van der Waals surface area contributed by atoms with Crippen molar-refractivity contribution in [1.82, 2.24) is 15.1 Å². The molecular weight excluding hydrogens is 264 g/mol. The van der Waals surface area contributed by atoms with E-state index in [4.69, 9.17) is 21.9 Å². The highest BCUT2D eigenvalue weighted by molar-refractivity contribution is 6.30. The average Bonchev–Trinajstić information content (AvgIpc) is 2.82. The number of rotatable bonds is 2. The molecule has 0 fully saturated rings. The van der Waals surface area contributed by atoms with Crippen LogP contribution in [0.2, 0.25) is 5.02 Å². The van der Waals surface area contributed by atoms with Crippen LogP contribution in [0.4, 0.5) is 5.88 Å². The van der Waals surface area contributed by atoms with Crippen LogP contribution in [0.15, 0.2) is 47.2 Å². The number of hydrogen-bond donors (Lipinski definition) is 1. The van der Waals surface area contributed by atoms with Crippen LogP contribution < -0.4 is 5.73 Å². The Morgan fingerprint density at radius 2 is 1.89 bits per heavy atom. The van der Waals surface area contributed by atoms with Gasteiger partial charge in [0.15, 0.2) is 11.5 Å². The zero-order valence-electron chi connectivity index (χ0n) is 9.75. The number of hydrogen-bond acceptors (Lipinski definition) is 5. The maximum atomic E-state index is 5.99. The highest BCUT2D eigenvalue weighted by atomic mass is 35.5. The van der Waals surface area contributed by atoms with Gasteiger partial charge in [-0.2, -0.15) is 0 Å². The van der Waals surface area contributed by atoms with Crippen LogP contribution in [-0.4, -0.2) is 15.1 Å². The van der Waals surface area contributed by atoms with Crippen molar-refractivity contribution in [3.63, 3.8) is 0 Å². The van der Waals surface area contributed by atoms with Gasteiger partial charge in [-0.05, 0) is 23.8 Å². The van der Waals surface area contributed by atoms with E-state index < -0.39 is 0 Å². The third-order valence-electron chi connectivity index (χ3n) is 2.61. The number of aromatic nitrogens is 3. The van der Waals surface area contributed by atoms with Gasteiger partial charge in [0.2, 0.25) is 5.88 Å². The van der Waals surface area contributed by atoms with Crippen molar-refractivity contribution in [2.24, 2.45) is 0 Å². The molecule has 0 bridgehead atoms. The molecule has 2 heterocycles. The van der Waals surface area contributed by atoms with Crippen LogP contribution in [0.5, 0.6) is 0 Å². The molecule has 2 aromatic heterocycles. The van der Waals surface area contributed by atoms with E-state index in [1.54, 1.807) is 30.6 Å². The normalized spacial score (nSPS) is 10.6. The summed E-state index contributed by atoms with van der Waals surface area (Å²) in [6, 6.07) is 9.01. The molecule has 0 saturated carbocycles. The first-order chi connectivity index (χ1) is 9.25. The Labute approximate surface area is 114 Å². The molecule has 5 nitrogen and oxygen atoms in total. The van der Waals surface area contributed by atoms with Crippen molar-refractivity contribution >= 4 is 17.5 Å². The highest BCUT2D eigenvalue weighted by Crippen LogP contribution is 2.35. The van der Waals surface area contributed by atoms with Crippen molar-refractivity contribution in [1.29, 1.82) is 0 Å². The van der Waals surface area contributed by atoms with Gasteiger partial charge in [-0.3, -0.25) is 0 Å². The van der Waals surface area contributed by atoms with E-state index in [1.165, 1.54) is 0 Å². The molecule has 6 heteroatoms. The van der Waals surface area contributed by atoms with Crippen molar-refractivity contribution in [2.75, 3.05) is 5.73 Å². The summed E-state index contributed by atoms with van der Waals surface area (Å²) in [4.78, 5) is 8.30. The number of nitrogens with two attached hydrogens (primary N) is 1. The Balaban J connectivity index is 2.20. The largest absolute Gasteiger partial charge is 0.367 e. The number of nitrogens with zero attached hydrogens (tertiary/aromatic N) is 3. The van der Waals surface area contributed by atoms with Gasteiger partial charge in [-0.1, -0.05) is 28.9 Å². The van der Waals surface area contributed by atoms with Gasteiger partial charge in [-0.25, -0.2) is 9.97 Å². The second kappa shape index (κ2) is 4.70. The predicted molar refractivity (Wildman–Crippen MR) is 72.4 cm³/mol. The monoisotopic (exact) mass is 272 g/mol. The lowest BCUT2D eigenvalue weighted by molar-refractivity contribution is 0.439. The summed E-state index contributed by atoms with van der Waals surface area (Å²) in [6.45, 7) is 0. The zero-order chi connectivity index (χ0) is 13.2. The van der Waals surface area contributed by atoms with E-state index in [0.29, 0.717) is 22.1 Å². The van der Waals surface area contributed by atoms with Gasteiger partial charge < -0.3 is 10.3 Å². The standard InChI is InChI=1S/C13H9ClN4O/c14-9-4-1-3-8(7-9)10-11(18-19-12(10)15)13-16-5-2-6-17-13/h1-7H,15H2. The molecule has 19 heavy (non-hydrogen) atoms. The van der Waals surface area contributed by atoms with E-state index in [1.807, 2.05) is 12.1 Å². The molecule has 0 atom stereocenters. The van der Waals surface area contributed by atoms with Gasteiger partial charge in [-0.15, -0.1) is 0 Å². The van der Waals surface area contributed by atoms with Crippen LogP contribution in [0, 0.1) is 0 Å². The van der Waals surface area contributed by atoms with Crippen molar-refractivity contribution in [3.05, 3.63) is 47.7 Å². The summed E-state index contributed by atoms with van der Waals surface area (Å²) in [6.07, 6.45) is 3.27. The fraction of sp³-hybridized carbons (Fsp3) is 0. The Bertz CT molecular complexity index is 712. The molecule has 0 unspecified atom stereocenters. The van der Waals surface area contributed by atoms with Crippen LogP contribution >= 0.6 is 11.6 Å². The fourth-order valence-electron chi connectivity index (χ4n) is 1.80. The third-order valence-corrected chi connectivity index (χ3v) is 2.84. The van der Waals surface area contributed by atoms with E-state index >= 15 is 0 Å². The van der Waals surface area contributed by atoms with Crippen molar-refractivity contribution < 1.29 is 4.52 Å². The predicted octanol–water partition coefficient (Wildman–Crippen LogP) is 3.03. The van der Waals surface area contributed by atoms with Crippen LogP contribution in [0.3, 0.4) is 0 Å². The second-order valence-corrected chi connectivity index (χ2v) is 4.29. The number of halogens is 1. The topological polar surface area (TPSA) is 77.8 Å². The zero-order valence-corrected chi connectivity index (χ0v) is 10.5. The molecule has 0 radical (unpaired) electrons. The minimum atomic E-state index is 0.213. The minimum Gasteiger partial charge on any atom is -0.367 e. The molecular formula is C13H9ClN4O. The van der Waals surface area contributed by atoms with E-state index in [-0.39, 0.29) is 5.88 Å². The molecule has 94 valence electrons. The van der Waals surface area contributed by atoms with Gasteiger partial charge in [0.05, 0.1) is 5.56 Å². The summed E-state index contributed by atoms with van der Waals surface area (Å²) in [7, 11) is 0. The lowest BCUT2D eigenvalue weighted by atomic mass is 10.1. The summed E-state index contributed by atoms with van der Waals surface area (Å²) in [5, 5.41) is 4.53. The van der Waals surface area contributed by atoms with Crippen LogP contribution in [0.1, 0.15) is 0 Å². The molecule has 0 saturated heterocycles. The first-order valence-electron chi connectivity index (χ1n) is 5.54. The Kier molecular flexibility index (Phi) is 2.89. The summed E-state index contributed by atoms with van der Waals surface area (Å²) >= 11 is 5.99. The first kappa shape index (κ1) is 11.7. The highest BCUT2D eigenvalue weighted by Gasteiger charge is 2.19. The molecule has 0 amide bonds. The number of anilines is 1. The fourth-order valence-corrected chi connectivity index (χ4v) is 1.99. The minimum absolute atomic E-state index is 0.213. The molecule has 0 aliphatic rings. The number of benzene rings is 1. The van der Waals surface area contributed by atoms with Gasteiger partial charge >= 0.3 is 0 Å². The van der Waals surface area contributed by atoms with E-state index in [9.17, 15) is 0 Å². The second-order valence-electron chi connectivity index (χ2n) is 3.85. The summed E-state index contributed by atoms with van der Waals surface area (Å²) in [5.74, 6) is 0.669. The lowest BCUT2D eigenvalue weighted by Crippen LogP contribution is -1.91. The molecule has 1 aromatic carbocycles. The smallest absolute Gasteiger partial charge is 0.230 e. The quantitative estimate of drug-likeness (QED) is 0.776. The molecule has 3 rings (SSSR count). The Hall–Kier alpha value is -2.40. The molecule has 0 aliphatic heterocycles. The summed E-state index contributed by atoms with van der Waals surface area (Å²) < 4.78 is 5.05. The Morgan fingerprint density at radius 3 is 2.63 bits per heavy atom. The van der Waals surface area contributed by atoms with Crippen molar-refractivity contribution in [3.8, 4) is 22.6 Å². The maximum absolute atomic E-state index is 5.99. The number of nitrogen functional groups attached to an aromatic ring is 1. The van der Waals surface area contributed by atoms with Crippen LogP contribution in [-0.2, 0) is 0 Å².